The summed E-state index contributed by atoms with van der Waals surface area (Å²) in [5, 5.41) is 4.58. The van der Waals surface area contributed by atoms with Gasteiger partial charge in [-0.25, -0.2) is 4.68 Å². The molecule has 0 atom stereocenters. The molecule has 4 heteroatoms. The molecule has 24 heavy (non-hydrogen) atoms. The highest BCUT2D eigenvalue weighted by Crippen LogP contribution is 2.24. The monoisotopic (exact) mass is 382 g/mol. The summed E-state index contributed by atoms with van der Waals surface area (Å²) in [6.45, 7) is 6.74. The maximum atomic E-state index is 12.2. The Hall–Kier alpha value is -2.20. The van der Waals surface area contributed by atoms with Crippen molar-refractivity contribution in [2.24, 2.45) is 0 Å². The Morgan fingerprint density at radius 1 is 0.917 bits per heavy atom. The molecule has 3 aromatic rings. The number of halogens is 1. The predicted octanol–water partition coefficient (Wildman–Crippen LogP) is 4.65. The Labute approximate surface area is 150 Å². The molecule has 0 bridgehead atoms. The first-order valence-corrected chi connectivity index (χ1v) is 8.64. The summed E-state index contributed by atoms with van der Waals surface area (Å²) in [6.07, 6.45) is 0. The average molecular weight is 383 g/mol. The molecule has 0 aliphatic rings. The Morgan fingerprint density at radius 3 is 2.29 bits per heavy atom. The summed E-state index contributed by atoms with van der Waals surface area (Å²) in [5.41, 5.74) is 6.50. The zero-order valence-corrected chi connectivity index (χ0v) is 15.6. The number of hydrogen-bond acceptors (Lipinski definition) is 2. The average Bonchev–Trinajstić information content (AvgIpc) is 2.55. The highest BCUT2D eigenvalue weighted by atomic mass is 79.9. The van der Waals surface area contributed by atoms with Gasteiger partial charge in [-0.3, -0.25) is 4.79 Å². The highest BCUT2D eigenvalue weighted by Gasteiger charge is 2.08. The van der Waals surface area contributed by atoms with Crippen molar-refractivity contribution in [3.63, 3.8) is 0 Å². The normalized spacial score (nSPS) is 10.8. The van der Waals surface area contributed by atoms with Crippen LogP contribution in [0.3, 0.4) is 0 Å². The maximum Gasteiger partial charge on any atom is 0.267 e. The molecule has 0 N–H and O–H groups in total. The first-order valence-electron chi connectivity index (χ1n) is 7.85. The van der Waals surface area contributed by atoms with Gasteiger partial charge in [-0.15, -0.1) is 0 Å². The second kappa shape index (κ2) is 6.73. The zero-order valence-electron chi connectivity index (χ0n) is 14.0. The Bertz CT molecular complexity index is 943. The minimum Gasteiger partial charge on any atom is -0.268 e. The molecule has 0 unspecified atom stereocenters. The molecule has 1 heterocycles. The third-order valence-corrected chi connectivity index (χ3v) is 4.76. The molecule has 0 aliphatic heterocycles. The van der Waals surface area contributed by atoms with E-state index in [9.17, 15) is 4.79 Å². The molecule has 122 valence electrons. The number of benzene rings is 2. The Morgan fingerprint density at radius 2 is 1.58 bits per heavy atom. The highest BCUT2D eigenvalue weighted by molar-refractivity contribution is 9.10. The fourth-order valence-corrected chi connectivity index (χ4v) is 2.97. The van der Waals surface area contributed by atoms with Crippen LogP contribution in [0, 0.1) is 20.8 Å². The maximum absolute atomic E-state index is 12.2. The van der Waals surface area contributed by atoms with Crippen LogP contribution in [0.2, 0.25) is 0 Å². The third-order valence-electron chi connectivity index (χ3n) is 4.23. The second-order valence-electron chi connectivity index (χ2n) is 6.09. The van der Waals surface area contributed by atoms with E-state index in [1.807, 2.05) is 24.3 Å². The molecular formula is C20H19BrN2O. The fraction of sp³-hybridized carbons (Fsp3) is 0.200. The van der Waals surface area contributed by atoms with Crippen molar-refractivity contribution in [1.82, 2.24) is 9.78 Å². The topological polar surface area (TPSA) is 34.9 Å². The van der Waals surface area contributed by atoms with Gasteiger partial charge < -0.3 is 0 Å². The fourth-order valence-electron chi connectivity index (χ4n) is 2.71. The molecule has 3 nitrogen and oxygen atoms in total. The molecule has 3 rings (SSSR count). The van der Waals surface area contributed by atoms with Crippen molar-refractivity contribution in [3.8, 4) is 11.3 Å². The predicted molar refractivity (Wildman–Crippen MR) is 101 cm³/mol. The van der Waals surface area contributed by atoms with E-state index in [4.69, 9.17) is 0 Å². The van der Waals surface area contributed by atoms with E-state index in [1.54, 1.807) is 12.1 Å². The lowest BCUT2D eigenvalue weighted by atomic mass is 9.99. The number of rotatable bonds is 3. The van der Waals surface area contributed by atoms with Crippen LogP contribution in [0.5, 0.6) is 0 Å². The standard InChI is InChI=1S/C20H19BrN2O/c1-13-10-15(3)18(11-14(13)2)19-8-9-20(24)23(22-19)12-16-4-6-17(21)7-5-16/h4-11H,12H2,1-3H3. The smallest absolute Gasteiger partial charge is 0.267 e. The Kier molecular flexibility index (Phi) is 4.67. The van der Waals surface area contributed by atoms with Gasteiger partial charge in [-0.2, -0.15) is 5.10 Å². The van der Waals surface area contributed by atoms with Crippen molar-refractivity contribution >= 4 is 15.9 Å². The van der Waals surface area contributed by atoms with E-state index >= 15 is 0 Å². The van der Waals surface area contributed by atoms with Gasteiger partial charge in [0.25, 0.3) is 5.56 Å². The molecule has 1 aromatic heterocycles. The van der Waals surface area contributed by atoms with Crippen LogP contribution in [0.25, 0.3) is 11.3 Å². The molecular weight excluding hydrogens is 364 g/mol. The number of aryl methyl sites for hydroxylation is 3. The van der Waals surface area contributed by atoms with Gasteiger partial charge in [-0.1, -0.05) is 34.1 Å². The third kappa shape index (κ3) is 3.49. The summed E-state index contributed by atoms with van der Waals surface area (Å²) in [6, 6.07) is 15.6. The molecule has 0 spiro atoms. The van der Waals surface area contributed by atoms with Crippen LogP contribution in [0.15, 0.2) is 57.8 Å². The lowest BCUT2D eigenvalue weighted by Gasteiger charge is -2.11. The van der Waals surface area contributed by atoms with E-state index in [-0.39, 0.29) is 5.56 Å². The summed E-state index contributed by atoms with van der Waals surface area (Å²) < 4.78 is 2.54. The molecule has 0 radical (unpaired) electrons. The van der Waals surface area contributed by atoms with Crippen molar-refractivity contribution in [1.29, 1.82) is 0 Å². The van der Waals surface area contributed by atoms with E-state index in [2.05, 4.69) is 53.9 Å². The van der Waals surface area contributed by atoms with E-state index in [0.29, 0.717) is 6.54 Å². The van der Waals surface area contributed by atoms with Crippen molar-refractivity contribution in [2.45, 2.75) is 27.3 Å². The van der Waals surface area contributed by atoms with E-state index in [0.717, 1.165) is 21.3 Å². The molecule has 0 saturated carbocycles. The minimum atomic E-state index is -0.0943. The SMILES string of the molecule is Cc1cc(C)c(-c2ccc(=O)n(Cc3ccc(Br)cc3)n2)cc1C. The van der Waals surface area contributed by atoms with Crippen molar-refractivity contribution in [2.75, 3.05) is 0 Å². The molecule has 0 amide bonds. The van der Waals surface area contributed by atoms with Gasteiger partial charge in [0.05, 0.1) is 12.2 Å². The van der Waals surface area contributed by atoms with Gasteiger partial charge in [-0.05, 0) is 67.3 Å². The summed E-state index contributed by atoms with van der Waals surface area (Å²) in [4.78, 5) is 12.2. The van der Waals surface area contributed by atoms with E-state index < -0.39 is 0 Å². The lowest BCUT2D eigenvalue weighted by molar-refractivity contribution is 0.642. The van der Waals surface area contributed by atoms with Crippen LogP contribution in [0.4, 0.5) is 0 Å². The number of nitrogens with zero attached hydrogens (tertiary/aromatic N) is 2. The molecule has 0 fully saturated rings. The molecule has 0 saturated heterocycles. The van der Waals surface area contributed by atoms with Gasteiger partial charge in [0.15, 0.2) is 0 Å². The lowest BCUT2D eigenvalue weighted by Crippen LogP contribution is -2.22. The van der Waals surface area contributed by atoms with Crippen molar-refractivity contribution in [3.05, 3.63) is 85.6 Å². The van der Waals surface area contributed by atoms with Crippen LogP contribution in [-0.4, -0.2) is 9.78 Å². The summed E-state index contributed by atoms with van der Waals surface area (Å²) in [5.74, 6) is 0. The Balaban J connectivity index is 2.02. The number of aromatic nitrogens is 2. The summed E-state index contributed by atoms with van der Waals surface area (Å²) in [7, 11) is 0. The van der Waals surface area contributed by atoms with Crippen LogP contribution >= 0.6 is 15.9 Å². The summed E-state index contributed by atoms with van der Waals surface area (Å²) >= 11 is 3.42. The van der Waals surface area contributed by atoms with Crippen LogP contribution in [0.1, 0.15) is 22.3 Å². The van der Waals surface area contributed by atoms with E-state index in [1.165, 1.54) is 21.4 Å². The first kappa shape index (κ1) is 16.7. The second-order valence-corrected chi connectivity index (χ2v) is 7.01. The van der Waals surface area contributed by atoms with Gasteiger partial charge in [0.1, 0.15) is 0 Å². The quantitative estimate of drug-likeness (QED) is 0.660. The largest absolute Gasteiger partial charge is 0.268 e. The molecule has 2 aromatic carbocycles. The van der Waals surface area contributed by atoms with Crippen molar-refractivity contribution < 1.29 is 0 Å². The number of hydrogen-bond donors (Lipinski definition) is 0. The first-order chi connectivity index (χ1) is 11.4. The zero-order chi connectivity index (χ0) is 17.3. The molecule has 0 aliphatic carbocycles. The van der Waals surface area contributed by atoms with Gasteiger partial charge in [0.2, 0.25) is 0 Å². The van der Waals surface area contributed by atoms with Crippen LogP contribution < -0.4 is 5.56 Å². The minimum absolute atomic E-state index is 0.0943. The van der Waals surface area contributed by atoms with Gasteiger partial charge >= 0.3 is 0 Å². The van der Waals surface area contributed by atoms with Gasteiger partial charge in [0, 0.05) is 16.1 Å². The van der Waals surface area contributed by atoms with Crippen LogP contribution in [-0.2, 0) is 6.54 Å².